The van der Waals surface area contributed by atoms with Gasteiger partial charge in [-0.2, -0.15) is 0 Å². The quantitative estimate of drug-likeness (QED) is 0.413. The zero-order chi connectivity index (χ0) is 16.1. The number of benzene rings is 1. The fourth-order valence-electron chi connectivity index (χ4n) is 1.88. The Labute approximate surface area is 125 Å². The average Bonchev–Trinajstić information content (AvgIpc) is 2.49. The van der Waals surface area contributed by atoms with Crippen LogP contribution >= 0.6 is 0 Å². The Morgan fingerprint density at radius 1 is 1.32 bits per heavy atom. The highest BCUT2D eigenvalue weighted by Gasteiger charge is 2.18. The third-order valence-corrected chi connectivity index (χ3v) is 3.03. The van der Waals surface area contributed by atoms with E-state index in [-0.39, 0.29) is 25.6 Å². The van der Waals surface area contributed by atoms with Crippen LogP contribution in [-0.4, -0.2) is 59.2 Å². The molecule has 1 aromatic carbocycles. The van der Waals surface area contributed by atoms with E-state index in [2.05, 4.69) is 10.6 Å². The standard InChI is InChI=1S/C13H17N3O6/c17-9(10(18)5-15-13(20)21)4-14-7-1-2-11-8(3-7)16-12(19)6-22-11/h1-3,9-10,14-15,17-18H,4-6H2,(H,16,19)(H,20,21). The van der Waals surface area contributed by atoms with E-state index in [0.29, 0.717) is 17.1 Å². The Morgan fingerprint density at radius 3 is 2.77 bits per heavy atom. The number of nitrogens with one attached hydrogen (secondary N) is 3. The summed E-state index contributed by atoms with van der Waals surface area (Å²) < 4.78 is 5.22. The van der Waals surface area contributed by atoms with E-state index in [9.17, 15) is 19.8 Å². The van der Waals surface area contributed by atoms with E-state index in [1.54, 1.807) is 18.2 Å². The molecule has 2 amide bonds. The lowest BCUT2D eigenvalue weighted by molar-refractivity contribution is -0.118. The molecule has 22 heavy (non-hydrogen) atoms. The van der Waals surface area contributed by atoms with Crippen LogP contribution in [0.4, 0.5) is 16.2 Å². The van der Waals surface area contributed by atoms with Crippen molar-refractivity contribution in [2.45, 2.75) is 12.2 Å². The smallest absolute Gasteiger partial charge is 0.404 e. The molecule has 6 N–H and O–H groups in total. The van der Waals surface area contributed by atoms with Crippen LogP contribution in [0, 0.1) is 0 Å². The van der Waals surface area contributed by atoms with Crippen molar-refractivity contribution in [2.24, 2.45) is 0 Å². The molecule has 2 unspecified atom stereocenters. The lowest BCUT2D eigenvalue weighted by atomic mass is 10.2. The topological polar surface area (TPSA) is 140 Å². The number of rotatable bonds is 6. The second kappa shape index (κ2) is 6.96. The van der Waals surface area contributed by atoms with Crippen molar-refractivity contribution in [1.82, 2.24) is 5.32 Å². The van der Waals surface area contributed by atoms with Crippen molar-refractivity contribution < 1.29 is 29.6 Å². The molecule has 0 spiro atoms. The predicted octanol–water partition coefficient (Wildman–Crippen LogP) is -0.581. The summed E-state index contributed by atoms with van der Waals surface area (Å²) in [5.74, 6) is 0.302. The summed E-state index contributed by atoms with van der Waals surface area (Å²) in [7, 11) is 0. The van der Waals surface area contributed by atoms with Crippen molar-refractivity contribution in [1.29, 1.82) is 0 Å². The maximum absolute atomic E-state index is 11.2. The minimum absolute atomic E-state index is 0.00998. The maximum atomic E-state index is 11.2. The summed E-state index contributed by atoms with van der Waals surface area (Å²) in [6.07, 6.45) is -3.66. The zero-order valence-electron chi connectivity index (χ0n) is 11.6. The predicted molar refractivity (Wildman–Crippen MR) is 77.1 cm³/mol. The maximum Gasteiger partial charge on any atom is 0.404 e. The minimum atomic E-state index is -1.27. The molecule has 0 aliphatic carbocycles. The Kier molecular flexibility index (Phi) is 5.02. The van der Waals surface area contributed by atoms with Gasteiger partial charge in [0.25, 0.3) is 5.91 Å². The van der Waals surface area contributed by atoms with Crippen LogP contribution in [0.1, 0.15) is 0 Å². The fraction of sp³-hybridized carbons (Fsp3) is 0.385. The number of ether oxygens (including phenoxy) is 1. The Hall–Kier alpha value is -2.52. The van der Waals surface area contributed by atoms with Crippen LogP contribution in [0.5, 0.6) is 5.75 Å². The van der Waals surface area contributed by atoms with Gasteiger partial charge in [-0.1, -0.05) is 0 Å². The van der Waals surface area contributed by atoms with Crippen molar-refractivity contribution in [3.8, 4) is 5.75 Å². The molecule has 0 aromatic heterocycles. The van der Waals surface area contributed by atoms with Gasteiger partial charge in [0.2, 0.25) is 0 Å². The number of anilines is 2. The molecule has 2 atom stereocenters. The largest absolute Gasteiger partial charge is 0.482 e. The van der Waals surface area contributed by atoms with Gasteiger partial charge in [-0.15, -0.1) is 0 Å². The summed E-state index contributed by atoms with van der Waals surface area (Å²) in [6.45, 7) is -0.288. The second-order valence-electron chi connectivity index (χ2n) is 4.75. The van der Waals surface area contributed by atoms with E-state index in [4.69, 9.17) is 9.84 Å². The van der Waals surface area contributed by atoms with Crippen molar-refractivity contribution in [3.63, 3.8) is 0 Å². The number of hydrogen-bond acceptors (Lipinski definition) is 6. The molecular formula is C13H17N3O6. The molecule has 9 nitrogen and oxygen atoms in total. The van der Waals surface area contributed by atoms with Crippen molar-refractivity contribution in [3.05, 3.63) is 18.2 Å². The highest BCUT2D eigenvalue weighted by molar-refractivity contribution is 5.96. The molecule has 9 heteroatoms. The van der Waals surface area contributed by atoms with E-state index in [1.807, 2.05) is 5.32 Å². The molecule has 2 rings (SSSR count). The first kappa shape index (κ1) is 15.9. The number of carbonyl (C=O) groups is 2. The van der Waals surface area contributed by atoms with Gasteiger partial charge in [0.1, 0.15) is 5.75 Å². The van der Waals surface area contributed by atoms with E-state index < -0.39 is 18.3 Å². The lowest BCUT2D eigenvalue weighted by Gasteiger charge is -2.21. The third-order valence-electron chi connectivity index (χ3n) is 3.03. The van der Waals surface area contributed by atoms with Gasteiger partial charge in [0.15, 0.2) is 6.61 Å². The van der Waals surface area contributed by atoms with Gasteiger partial charge in [-0.3, -0.25) is 4.79 Å². The number of aliphatic hydroxyl groups excluding tert-OH is 2. The highest BCUT2D eigenvalue weighted by Crippen LogP contribution is 2.30. The van der Waals surface area contributed by atoms with Gasteiger partial charge < -0.3 is 36.0 Å². The van der Waals surface area contributed by atoms with E-state index >= 15 is 0 Å². The number of amides is 2. The first-order valence-electron chi connectivity index (χ1n) is 6.59. The van der Waals surface area contributed by atoms with Gasteiger partial charge >= 0.3 is 6.09 Å². The number of fused-ring (bicyclic) bond motifs is 1. The van der Waals surface area contributed by atoms with E-state index in [0.717, 1.165) is 0 Å². The number of aliphatic hydroxyl groups is 2. The summed E-state index contributed by atoms with van der Waals surface area (Å²) in [5.41, 5.74) is 1.13. The Bertz CT molecular complexity index is 565. The number of carboxylic acid groups (broad SMARTS) is 1. The summed E-state index contributed by atoms with van der Waals surface area (Å²) in [6, 6.07) is 5.01. The lowest BCUT2D eigenvalue weighted by Crippen LogP contribution is -2.41. The molecular weight excluding hydrogens is 294 g/mol. The van der Waals surface area contributed by atoms with Crippen LogP contribution < -0.4 is 20.7 Å². The van der Waals surface area contributed by atoms with Crippen LogP contribution in [0.2, 0.25) is 0 Å². The Morgan fingerprint density at radius 2 is 2.05 bits per heavy atom. The molecule has 0 saturated carbocycles. The molecule has 0 fully saturated rings. The average molecular weight is 311 g/mol. The van der Waals surface area contributed by atoms with Crippen LogP contribution in [-0.2, 0) is 4.79 Å². The van der Waals surface area contributed by atoms with Crippen molar-refractivity contribution >= 4 is 23.4 Å². The second-order valence-corrected chi connectivity index (χ2v) is 4.75. The third kappa shape index (κ3) is 4.24. The van der Waals surface area contributed by atoms with Gasteiger partial charge in [0.05, 0.1) is 17.9 Å². The first-order chi connectivity index (χ1) is 10.5. The summed E-state index contributed by atoms with van der Waals surface area (Å²) >= 11 is 0. The number of carbonyl (C=O) groups excluding carboxylic acids is 1. The normalized spacial score (nSPS) is 15.8. The number of hydrogen-bond donors (Lipinski definition) is 6. The zero-order valence-corrected chi connectivity index (χ0v) is 11.6. The van der Waals surface area contributed by atoms with Gasteiger partial charge in [-0.05, 0) is 18.2 Å². The van der Waals surface area contributed by atoms with E-state index in [1.165, 1.54) is 0 Å². The summed E-state index contributed by atoms with van der Waals surface area (Å²) in [5, 5.41) is 35.3. The van der Waals surface area contributed by atoms with Crippen LogP contribution in [0.3, 0.4) is 0 Å². The molecule has 0 radical (unpaired) electrons. The molecule has 1 aliphatic rings. The van der Waals surface area contributed by atoms with Crippen molar-refractivity contribution in [2.75, 3.05) is 30.3 Å². The monoisotopic (exact) mass is 311 g/mol. The summed E-state index contributed by atoms with van der Waals surface area (Å²) in [4.78, 5) is 21.5. The minimum Gasteiger partial charge on any atom is -0.482 e. The molecule has 1 aromatic rings. The molecule has 120 valence electrons. The van der Waals surface area contributed by atoms with Gasteiger partial charge in [-0.25, -0.2) is 4.79 Å². The molecule has 0 bridgehead atoms. The molecule has 0 saturated heterocycles. The SMILES string of the molecule is O=C(O)NCC(O)C(O)CNc1ccc2c(c1)NC(=O)CO2. The molecule has 1 aliphatic heterocycles. The highest BCUT2D eigenvalue weighted by atomic mass is 16.5. The van der Waals surface area contributed by atoms with Crippen LogP contribution in [0.15, 0.2) is 18.2 Å². The fourth-order valence-corrected chi connectivity index (χ4v) is 1.88. The Balaban J connectivity index is 1.87. The van der Waals surface area contributed by atoms with Crippen LogP contribution in [0.25, 0.3) is 0 Å². The molecule has 1 heterocycles. The van der Waals surface area contributed by atoms with Gasteiger partial charge in [0, 0.05) is 18.8 Å². The first-order valence-corrected chi connectivity index (χ1v) is 6.59.